The molecule has 0 bridgehead atoms. The van der Waals surface area contributed by atoms with E-state index in [1.165, 1.54) is 6.07 Å². The molecule has 17 heavy (non-hydrogen) atoms. The summed E-state index contributed by atoms with van der Waals surface area (Å²) in [7, 11) is 0. The van der Waals surface area contributed by atoms with Crippen molar-refractivity contribution >= 4 is 0 Å². The summed E-state index contributed by atoms with van der Waals surface area (Å²) in [5.41, 5.74) is 0.326. The minimum Gasteiger partial charge on any atom is -0.284 e. The maximum atomic E-state index is 13.5. The summed E-state index contributed by atoms with van der Waals surface area (Å²) in [5.74, 6) is -0.847. The van der Waals surface area contributed by atoms with Crippen LogP contribution in [-0.4, -0.2) is 17.5 Å². The molecular formula is C13H14F2N2. The Kier molecular flexibility index (Phi) is 3.70. The first kappa shape index (κ1) is 12.0. The van der Waals surface area contributed by atoms with Crippen molar-refractivity contribution in [3.05, 3.63) is 35.4 Å². The highest BCUT2D eigenvalue weighted by atomic mass is 19.1. The molecule has 1 aliphatic heterocycles. The van der Waals surface area contributed by atoms with Gasteiger partial charge in [0.2, 0.25) is 0 Å². The molecule has 1 atom stereocenters. The second kappa shape index (κ2) is 5.24. The van der Waals surface area contributed by atoms with Gasteiger partial charge in [0.1, 0.15) is 11.6 Å². The van der Waals surface area contributed by atoms with E-state index in [1.54, 1.807) is 0 Å². The first-order valence-electron chi connectivity index (χ1n) is 5.78. The standard InChI is InChI=1S/C13H14F2N2/c14-11-4-5-13(15)10(7-11)9-17-6-2-1-3-12(17)8-16/h4-5,7,12H,1-3,6,9H2. The molecule has 1 aromatic carbocycles. The van der Waals surface area contributed by atoms with Crippen molar-refractivity contribution in [1.82, 2.24) is 4.90 Å². The summed E-state index contributed by atoms with van der Waals surface area (Å²) in [5, 5.41) is 9.00. The fourth-order valence-corrected chi connectivity index (χ4v) is 2.21. The van der Waals surface area contributed by atoms with E-state index in [0.29, 0.717) is 12.1 Å². The van der Waals surface area contributed by atoms with E-state index in [9.17, 15) is 8.78 Å². The Labute approximate surface area is 99.5 Å². The third kappa shape index (κ3) is 2.80. The molecule has 1 aromatic rings. The maximum Gasteiger partial charge on any atom is 0.127 e. The average Bonchev–Trinajstić information content (AvgIpc) is 2.34. The van der Waals surface area contributed by atoms with Crippen molar-refractivity contribution in [2.75, 3.05) is 6.54 Å². The number of benzene rings is 1. The monoisotopic (exact) mass is 236 g/mol. The van der Waals surface area contributed by atoms with Gasteiger partial charge in [-0.05, 0) is 44.0 Å². The van der Waals surface area contributed by atoms with E-state index in [0.717, 1.165) is 37.9 Å². The minimum absolute atomic E-state index is 0.175. The molecular weight excluding hydrogens is 222 g/mol. The number of likely N-dealkylation sites (tertiary alicyclic amines) is 1. The van der Waals surface area contributed by atoms with E-state index >= 15 is 0 Å². The third-order valence-corrected chi connectivity index (χ3v) is 3.14. The molecule has 0 radical (unpaired) electrons. The summed E-state index contributed by atoms with van der Waals surface area (Å²) in [6, 6.07) is 5.49. The molecule has 0 aliphatic carbocycles. The van der Waals surface area contributed by atoms with Gasteiger partial charge in [-0.25, -0.2) is 8.78 Å². The molecule has 4 heteroatoms. The van der Waals surface area contributed by atoms with Gasteiger partial charge in [0.05, 0.1) is 12.1 Å². The van der Waals surface area contributed by atoms with Gasteiger partial charge in [0.15, 0.2) is 0 Å². The molecule has 0 amide bonds. The van der Waals surface area contributed by atoms with E-state index in [2.05, 4.69) is 6.07 Å². The molecule has 1 fully saturated rings. The number of hydrogen-bond acceptors (Lipinski definition) is 2. The summed E-state index contributed by atoms with van der Waals surface area (Å²) in [4.78, 5) is 1.92. The highest BCUT2D eigenvalue weighted by Gasteiger charge is 2.22. The fourth-order valence-electron chi connectivity index (χ4n) is 2.21. The van der Waals surface area contributed by atoms with Crippen molar-refractivity contribution in [3.8, 4) is 6.07 Å². The molecule has 2 rings (SSSR count). The maximum absolute atomic E-state index is 13.5. The number of piperidine rings is 1. The van der Waals surface area contributed by atoms with Crippen LogP contribution in [0.25, 0.3) is 0 Å². The molecule has 2 nitrogen and oxygen atoms in total. The number of rotatable bonds is 2. The lowest BCUT2D eigenvalue weighted by molar-refractivity contribution is 0.174. The van der Waals surface area contributed by atoms with Crippen molar-refractivity contribution in [2.24, 2.45) is 0 Å². The van der Waals surface area contributed by atoms with Crippen LogP contribution in [-0.2, 0) is 6.54 Å². The van der Waals surface area contributed by atoms with Crippen molar-refractivity contribution in [1.29, 1.82) is 5.26 Å². The molecule has 0 aromatic heterocycles. The van der Waals surface area contributed by atoms with Crippen LogP contribution in [0, 0.1) is 23.0 Å². The Bertz CT molecular complexity index is 440. The SMILES string of the molecule is N#CC1CCCCN1Cc1cc(F)ccc1F. The van der Waals surface area contributed by atoms with Gasteiger partial charge in [-0.3, -0.25) is 4.90 Å². The summed E-state index contributed by atoms with van der Waals surface area (Å²) in [6.45, 7) is 1.08. The average molecular weight is 236 g/mol. The molecule has 1 heterocycles. The predicted octanol–water partition coefficient (Wildman–Crippen LogP) is 2.84. The highest BCUT2D eigenvalue weighted by Crippen LogP contribution is 2.20. The number of nitrogens with zero attached hydrogens (tertiary/aromatic N) is 2. The second-order valence-corrected chi connectivity index (χ2v) is 4.35. The van der Waals surface area contributed by atoms with Crippen LogP contribution in [0.5, 0.6) is 0 Å². The van der Waals surface area contributed by atoms with Crippen molar-refractivity contribution in [3.63, 3.8) is 0 Å². The molecule has 1 unspecified atom stereocenters. The zero-order chi connectivity index (χ0) is 12.3. The van der Waals surface area contributed by atoms with Gasteiger partial charge in [0, 0.05) is 12.1 Å². The Morgan fingerprint density at radius 3 is 2.94 bits per heavy atom. The number of hydrogen-bond donors (Lipinski definition) is 0. The van der Waals surface area contributed by atoms with Gasteiger partial charge in [-0.1, -0.05) is 0 Å². The Balaban J connectivity index is 2.14. The molecule has 0 spiro atoms. The summed E-state index contributed by atoms with van der Waals surface area (Å²) < 4.78 is 26.5. The van der Waals surface area contributed by atoms with Crippen molar-refractivity contribution < 1.29 is 8.78 Å². The van der Waals surface area contributed by atoms with E-state index in [4.69, 9.17) is 5.26 Å². The van der Waals surface area contributed by atoms with Gasteiger partial charge in [0.25, 0.3) is 0 Å². The van der Waals surface area contributed by atoms with Crippen LogP contribution >= 0.6 is 0 Å². The number of halogens is 2. The Morgan fingerprint density at radius 1 is 1.35 bits per heavy atom. The number of nitriles is 1. The van der Waals surface area contributed by atoms with E-state index in [-0.39, 0.29) is 6.04 Å². The van der Waals surface area contributed by atoms with Crippen molar-refractivity contribution in [2.45, 2.75) is 31.8 Å². The van der Waals surface area contributed by atoms with Gasteiger partial charge in [-0.2, -0.15) is 5.26 Å². The topological polar surface area (TPSA) is 27.0 Å². The van der Waals surface area contributed by atoms with Gasteiger partial charge in [-0.15, -0.1) is 0 Å². The van der Waals surface area contributed by atoms with Crippen LogP contribution in [0.3, 0.4) is 0 Å². The summed E-state index contributed by atoms with van der Waals surface area (Å²) >= 11 is 0. The van der Waals surface area contributed by atoms with Crippen LogP contribution in [0.4, 0.5) is 8.78 Å². The lowest BCUT2D eigenvalue weighted by atomic mass is 10.0. The normalized spacial score (nSPS) is 21.1. The third-order valence-electron chi connectivity index (χ3n) is 3.14. The quantitative estimate of drug-likeness (QED) is 0.789. The zero-order valence-electron chi connectivity index (χ0n) is 9.50. The first-order chi connectivity index (χ1) is 8.20. The molecule has 90 valence electrons. The lowest BCUT2D eigenvalue weighted by Gasteiger charge is -2.31. The molecule has 0 saturated carbocycles. The van der Waals surface area contributed by atoms with Gasteiger partial charge >= 0.3 is 0 Å². The largest absolute Gasteiger partial charge is 0.284 e. The minimum atomic E-state index is -0.438. The van der Waals surface area contributed by atoms with Crippen LogP contribution in [0.15, 0.2) is 18.2 Å². The zero-order valence-corrected chi connectivity index (χ0v) is 9.50. The van der Waals surface area contributed by atoms with E-state index < -0.39 is 11.6 Å². The smallest absolute Gasteiger partial charge is 0.127 e. The molecule has 1 aliphatic rings. The Hall–Kier alpha value is -1.47. The molecule has 0 N–H and O–H groups in total. The fraction of sp³-hybridized carbons (Fsp3) is 0.462. The van der Waals surface area contributed by atoms with Crippen LogP contribution in [0.1, 0.15) is 24.8 Å². The first-order valence-corrected chi connectivity index (χ1v) is 5.78. The Morgan fingerprint density at radius 2 is 2.18 bits per heavy atom. The predicted molar refractivity (Wildman–Crippen MR) is 60.0 cm³/mol. The van der Waals surface area contributed by atoms with E-state index in [1.807, 2.05) is 4.90 Å². The summed E-state index contributed by atoms with van der Waals surface area (Å²) in [6.07, 6.45) is 2.85. The lowest BCUT2D eigenvalue weighted by Crippen LogP contribution is -2.38. The van der Waals surface area contributed by atoms with Crippen LogP contribution in [0.2, 0.25) is 0 Å². The van der Waals surface area contributed by atoms with Crippen LogP contribution < -0.4 is 0 Å². The van der Waals surface area contributed by atoms with Gasteiger partial charge < -0.3 is 0 Å². The highest BCUT2D eigenvalue weighted by molar-refractivity contribution is 5.19. The second-order valence-electron chi connectivity index (χ2n) is 4.35. The molecule has 1 saturated heterocycles.